The molecule has 0 fully saturated rings. The number of hydrogen-bond acceptors (Lipinski definition) is 2. The van der Waals surface area contributed by atoms with Crippen LogP contribution in [0.25, 0.3) is 11.1 Å². The van der Waals surface area contributed by atoms with Crippen LogP contribution in [0.1, 0.15) is 112 Å². The molecule has 3 nitrogen and oxygen atoms in total. The normalized spacial score (nSPS) is 10.8. The molecule has 0 bridgehead atoms. The Balaban J connectivity index is 0.00000512. The first kappa shape index (κ1) is 27.9. The van der Waals surface area contributed by atoms with Crippen molar-refractivity contribution >= 4 is 5.97 Å². The van der Waals surface area contributed by atoms with Crippen LogP contribution in [0.4, 0.5) is 0 Å². The predicted molar refractivity (Wildman–Crippen MR) is 137 cm³/mol. The van der Waals surface area contributed by atoms with E-state index in [4.69, 9.17) is 0 Å². The highest BCUT2D eigenvalue weighted by Crippen LogP contribution is 2.39. The van der Waals surface area contributed by atoms with Crippen molar-refractivity contribution in [2.24, 2.45) is 0 Å². The molecule has 2 rings (SSSR count). The van der Waals surface area contributed by atoms with Crippen molar-refractivity contribution in [3.63, 3.8) is 0 Å². The second-order valence-corrected chi connectivity index (χ2v) is 8.73. The first-order valence-corrected chi connectivity index (χ1v) is 12.6. The summed E-state index contributed by atoms with van der Waals surface area (Å²) in [7, 11) is 0. The summed E-state index contributed by atoms with van der Waals surface area (Å²) in [5, 5.41) is 12.6. The van der Waals surface area contributed by atoms with Crippen LogP contribution in [0, 0.1) is 0 Å². The molecular formula is C29H45NO2. The van der Waals surface area contributed by atoms with Gasteiger partial charge in [0.15, 0.2) is 0 Å². The van der Waals surface area contributed by atoms with Crippen molar-refractivity contribution < 1.29 is 9.90 Å². The molecule has 3 heteroatoms. The number of unbranched alkanes of at least 4 members (excludes halogenated alkanes) is 4. The smallest absolute Gasteiger partial charge is 0.0724 e. The molecule has 0 aliphatic carbocycles. The highest BCUT2D eigenvalue weighted by Gasteiger charge is 2.24. The summed E-state index contributed by atoms with van der Waals surface area (Å²) < 4.78 is 0. The van der Waals surface area contributed by atoms with E-state index in [-0.39, 0.29) is 6.15 Å². The third kappa shape index (κ3) is 6.93. The van der Waals surface area contributed by atoms with Gasteiger partial charge in [-0.05, 0) is 84.7 Å². The fraction of sp³-hybridized carbons (Fsp3) is 0.552. The van der Waals surface area contributed by atoms with E-state index in [1.165, 1.54) is 16.7 Å². The molecular weight excluding hydrogens is 394 g/mol. The number of benzene rings is 2. The molecule has 0 radical (unpaired) electrons. The van der Waals surface area contributed by atoms with Crippen LogP contribution >= 0.6 is 0 Å². The minimum absolute atomic E-state index is 0. The molecule has 0 aliphatic rings. The minimum Gasteiger partial charge on any atom is -0.545 e. The molecule has 0 heterocycles. The fourth-order valence-electron chi connectivity index (χ4n) is 4.69. The Bertz CT molecular complexity index is 827. The summed E-state index contributed by atoms with van der Waals surface area (Å²) in [6.07, 6.45) is 12.5. The van der Waals surface area contributed by atoms with E-state index in [9.17, 15) is 9.90 Å². The Morgan fingerprint density at radius 1 is 0.656 bits per heavy atom. The van der Waals surface area contributed by atoms with Crippen LogP contribution in [0.3, 0.4) is 0 Å². The molecule has 0 atom stereocenters. The van der Waals surface area contributed by atoms with Gasteiger partial charge in [-0.3, -0.25) is 0 Å². The lowest BCUT2D eigenvalue weighted by molar-refractivity contribution is -0.255. The summed E-state index contributed by atoms with van der Waals surface area (Å²) >= 11 is 0. The SMILES string of the molecule is CCCCc1c(CCCC)c(CCCC)c(-c2ccccc2)c(C(=O)[O-])c1CCCC.[NH4+]. The molecule has 0 spiro atoms. The van der Waals surface area contributed by atoms with Crippen LogP contribution in [0.2, 0.25) is 0 Å². The first-order valence-electron chi connectivity index (χ1n) is 12.6. The summed E-state index contributed by atoms with van der Waals surface area (Å²) in [4.78, 5) is 12.6. The Morgan fingerprint density at radius 3 is 1.50 bits per heavy atom. The highest BCUT2D eigenvalue weighted by molar-refractivity contribution is 5.98. The lowest BCUT2D eigenvalue weighted by atomic mass is 9.78. The minimum atomic E-state index is -1.01. The van der Waals surface area contributed by atoms with E-state index in [2.05, 4.69) is 39.8 Å². The molecule has 0 unspecified atom stereocenters. The van der Waals surface area contributed by atoms with Crippen LogP contribution in [-0.4, -0.2) is 5.97 Å². The van der Waals surface area contributed by atoms with Gasteiger partial charge in [0.1, 0.15) is 0 Å². The largest absolute Gasteiger partial charge is 0.545 e. The number of carbonyl (C=O) groups is 1. The Kier molecular flexibility index (Phi) is 12.9. The zero-order chi connectivity index (χ0) is 22.6. The predicted octanol–water partition coefficient (Wildman–Crippen LogP) is 7.46. The van der Waals surface area contributed by atoms with Crippen molar-refractivity contribution in [3.05, 3.63) is 58.1 Å². The van der Waals surface area contributed by atoms with E-state index in [1.54, 1.807) is 0 Å². The zero-order valence-electron chi connectivity index (χ0n) is 21.2. The van der Waals surface area contributed by atoms with E-state index >= 15 is 0 Å². The molecule has 2 aromatic rings. The number of carbonyl (C=O) groups excluding carboxylic acids is 1. The fourth-order valence-corrected chi connectivity index (χ4v) is 4.69. The summed E-state index contributed by atoms with van der Waals surface area (Å²) in [6.45, 7) is 8.84. The van der Waals surface area contributed by atoms with Gasteiger partial charge in [0.2, 0.25) is 0 Å². The van der Waals surface area contributed by atoms with Crippen molar-refractivity contribution in [2.75, 3.05) is 0 Å². The van der Waals surface area contributed by atoms with E-state index in [1.807, 2.05) is 18.2 Å². The van der Waals surface area contributed by atoms with E-state index in [0.29, 0.717) is 5.56 Å². The van der Waals surface area contributed by atoms with Crippen LogP contribution in [-0.2, 0) is 25.7 Å². The molecule has 0 amide bonds. The average molecular weight is 440 g/mol. The molecule has 4 N–H and O–H groups in total. The third-order valence-electron chi connectivity index (χ3n) is 6.33. The maximum absolute atomic E-state index is 12.6. The van der Waals surface area contributed by atoms with Crippen molar-refractivity contribution in [1.82, 2.24) is 6.15 Å². The standard InChI is InChI=1S/C29H42O2.H3N/c1-5-9-18-23-24(19-10-6-2)26(21-12-8-4)28(29(30)31)27(25(23)20-11-7-3)22-16-14-13-15-17-22;/h13-17H,5-12,18-21H2,1-4H3,(H,30,31);1H3. The van der Waals surface area contributed by atoms with E-state index < -0.39 is 5.97 Å². The van der Waals surface area contributed by atoms with Crippen LogP contribution < -0.4 is 11.3 Å². The Hall–Kier alpha value is -2.13. The molecule has 0 aliphatic heterocycles. The van der Waals surface area contributed by atoms with Gasteiger partial charge in [0.05, 0.1) is 5.97 Å². The molecule has 2 aromatic carbocycles. The average Bonchev–Trinajstić information content (AvgIpc) is 2.78. The van der Waals surface area contributed by atoms with Crippen molar-refractivity contribution in [2.45, 2.75) is 105 Å². The van der Waals surface area contributed by atoms with Gasteiger partial charge in [-0.2, -0.15) is 0 Å². The van der Waals surface area contributed by atoms with Gasteiger partial charge < -0.3 is 16.1 Å². The van der Waals surface area contributed by atoms with Gasteiger partial charge in [-0.25, -0.2) is 0 Å². The van der Waals surface area contributed by atoms with Crippen molar-refractivity contribution in [3.8, 4) is 11.1 Å². The number of aromatic carboxylic acids is 1. The van der Waals surface area contributed by atoms with E-state index in [0.717, 1.165) is 93.7 Å². The summed E-state index contributed by atoms with van der Waals surface area (Å²) in [6, 6.07) is 10.2. The van der Waals surface area contributed by atoms with Crippen molar-refractivity contribution in [1.29, 1.82) is 0 Å². The number of carboxylic acid groups (broad SMARTS) is 1. The molecule has 32 heavy (non-hydrogen) atoms. The lowest BCUT2D eigenvalue weighted by Gasteiger charge is -2.28. The van der Waals surface area contributed by atoms with Crippen LogP contribution in [0.15, 0.2) is 30.3 Å². The van der Waals surface area contributed by atoms with Gasteiger partial charge >= 0.3 is 0 Å². The van der Waals surface area contributed by atoms with Gasteiger partial charge in [0.25, 0.3) is 0 Å². The number of rotatable bonds is 14. The van der Waals surface area contributed by atoms with Gasteiger partial charge in [-0.1, -0.05) is 83.7 Å². The van der Waals surface area contributed by atoms with Gasteiger partial charge in [0, 0.05) is 5.56 Å². The molecule has 0 saturated heterocycles. The van der Waals surface area contributed by atoms with Gasteiger partial charge in [-0.15, -0.1) is 0 Å². The maximum atomic E-state index is 12.6. The lowest BCUT2D eigenvalue weighted by Crippen LogP contribution is -2.27. The number of hydrogen-bond donors (Lipinski definition) is 1. The van der Waals surface area contributed by atoms with Crippen LogP contribution in [0.5, 0.6) is 0 Å². The maximum Gasteiger partial charge on any atom is 0.0724 e. The molecule has 0 saturated carbocycles. The number of quaternary nitrogens is 1. The highest BCUT2D eigenvalue weighted by atomic mass is 16.4. The summed E-state index contributed by atoms with van der Waals surface area (Å²) in [5.74, 6) is -1.01. The monoisotopic (exact) mass is 439 g/mol. The quantitative estimate of drug-likeness (QED) is 0.331. The molecule has 0 aromatic heterocycles. The number of carboxylic acids is 1. The second kappa shape index (κ2) is 14.8. The second-order valence-electron chi connectivity index (χ2n) is 8.73. The topological polar surface area (TPSA) is 76.6 Å². The Morgan fingerprint density at radius 2 is 1.06 bits per heavy atom. The Labute approximate surface area is 196 Å². The third-order valence-corrected chi connectivity index (χ3v) is 6.33. The first-order chi connectivity index (χ1) is 15.1. The molecule has 178 valence electrons. The summed E-state index contributed by atoms with van der Waals surface area (Å²) in [5.41, 5.74) is 7.52. The zero-order valence-corrected chi connectivity index (χ0v) is 21.2.